The van der Waals surface area contributed by atoms with Gasteiger partial charge in [0, 0.05) is 0 Å². The van der Waals surface area contributed by atoms with Gasteiger partial charge in [-0.1, -0.05) is 26.7 Å². The van der Waals surface area contributed by atoms with Crippen LogP contribution < -0.4 is 14.8 Å². The molecule has 0 aliphatic heterocycles. The van der Waals surface area contributed by atoms with Crippen LogP contribution in [-0.2, 0) is 0 Å². The van der Waals surface area contributed by atoms with Crippen LogP contribution >= 0.6 is 0 Å². The minimum absolute atomic E-state index is 0.771. The average molecular weight is 293 g/mol. The lowest BCUT2D eigenvalue weighted by molar-refractivity contribution is 0.300. The third-order valence-corrected chi connectivity index (χ3v) is 3.24. The largest absolute Gasteiger partial charge is 0.494 e. The Morgan fingerprint density at radius 3 is 1.95 bits per heavy atom. The second kappa shape index (κ2) is 12.5. The highest BCUT2D eigenvalue weighted by atomic mass is 16.5. The smallest absolute Gasteiger partial charge is 0.119 e. The van der Waals surface area contributed by atoms with Crippen LogP contribution in [0.4, 0.5) is 0 Å². The van der Waals surface area contributed by atoms with E-state index < -0.39 is 0 Å². The number of hydrogen-bond donors (Lipinski definition) is 1. The highest BCUT2D eigenvalue weighted by Crippen LogP contribution is 2.18. The summed E-state index contributed by atoms with van der Waals surface area (Å²) in [5.41, 5.74) is 0. The molecule has 1 aromatic carbocycles. The van der Waals surface area contributed by atoms with Gasteiger partial charge in [0.1, 0.15) is 11.5 Å². The zero-order valence-corrected chi connectivity index (χ0v) is 13.7. The van der Waals surface area contributed by atoms with Crippen LogP contribution in [0.15, 0.2) is 24.3 Å². The topological polar surface area (TPSA) is 30.5 Å². The fourth-order valence-electron chi connectivity index (χ4n) is 2.05. The second-order valence-electron chi connectivity index (χ2n) is 5.33. The predicted molar refractivity (Wildman–Crippen MR) is 89.4 cm³/mol. The first-order chi connectivity index (χ1) is 10.4. The first kappa shape index (κ1) is 17.8. The molecular formula is C18H31NO2. The van der Waals surface area contributed by atoms with E-state index in [1.807, 2.05) is 24.3 Å². The van der Waals surface area contributed by atoms with E-state index in [1.54, 1.807) is 0 Å². The van der Waals surface area contributed by atoms with E-state index in [0.717, 1.165) is 50.6 Å². The molecule has 0 radical (unpaired) electrons. The average Bonchev–Trinajstić information content (AvgIpc) is 2.52. The normalized spacial score (nSPS) is 10.6. The molecule has 0 saturated carbocycles. The Morgan fingerprint density at radius 1 is 0.714 bits per heavy atom. The molecule has 0 aliphatic carbocycles. The van der Waals surface area contributed by atoms with Crippen molar-refractivity contribution in [3.8, 4) is 11.5 Å². The van der Waals surface area contributed by atoms with E-state index in [-0.39, 0.29) is 0 Å². The number of benzene rings is 1. The number of nitrogens with one attached hydrogen (secondary N) is 1. The molecular weight excluding hydrogens is 262 g/mol. The molecule has 1 N–H and O–H groups in total. The summed E-state index contributed by atoms with van der Waals surface area (Å²) in [4.78, 5) is 0. The molecule has 0 saturated heterocycles. The quantitative estimate of drug-likeness (QED) is 0.546. The van der Waals surface area contributed by atoms with Gasteiger partial charge in [-0.05, 0) is 63.0 Å². The van der Waals surface area contributed by atoms with Gasteiger partial charge in [0.15, 0.2) is 0 Å². The van der Waals surface area contributed by atoms with Crippen molar-refractivity contribution in [2.45, 2.75) is 52.4 Å². The van der Waals surface area contributed by atoms with Crippen LogP contribution in [0.1, 0.15) is 52.4 Å². The van der Waals surface area contributed by atoms with E-state index in [9.17, 15) is 0 Å². The molecule has 0 spiro atoms. The Balaban J connectivity index is 1.99. The second-order valence-corrected chi connectivity index (χ2v) is 5.33. The maximum absolute atomic E-state index is 5.74. The van der Waals surface area contributed by atoms with E-state index in [2.05, 4.69) is 19.2 Å². The molecule has 21 heavy (non-hydrogen) atoms. The van der Waals surface area contributed by atoms with Crippen LogP contribution in [-0.4, -0.2) is 26.3 Å². The van der Waals surface area contributed by atoms with Crippen molar-refractivity contribution in [3.63, 3.8) is 0 Å². The SMILES string of the molecule is CCCNCCCCCCOc1ccc(OCCC)cc1. The van der Waals surface area contributed by atoms with Crippen molar-refractivity contribution in [2.75, 3.05) is 26.3 Å². The summed E-state index contributed by atoms with van der Waals surface area (Å²) in [5, 5.41) is 3.43. The van der Waals surface area contributed by atoms with E-state index in [0.29, 0.717) is 0 Å². The van der Waals surface area contributed by atoms with Crippen LogP contribution in [0.2, 0.25) is 0 Å². The molecule has 0 atom stereocenters. The molecule has 120 valence electrons. The summed E-state index contributed by atoms with van der Waals surface area (Å²) in [6.45, 7) is 8.17. The third kappa shape index (κ3) is 9.35. The van der Waals surface area contributed by atoms with E-state index in [4.69, 9.17) is 9.47 Å². The molecule has 3 nitrogen and oxygen atoms in total. The van der Waals surface area contributed by atoms with Gasteiger partial charge in [0.25, 0.3) is 0 Å². The molecule has 3 heteroatoms. The number of unbranched alkanes of at least 4 members (excludes halogenated alkanes) is 3. The van der Waals surface area contributed by atoms with Gasteiger partial charge in [0.05, 0.1) is 13.2 Å². The summed E-state index contributed by atoms with van der Waals surface area (Å²) in [7, 11) is 0. The van der Waals surface area contributed by atoms with Gasteiger partial charge < -0.3 is 14.8 Å². The van der Waals surface area contributed by atoms with Gasteiger partial charge in [-0.3, -0.25) is 0 Å². The summed E-state index contributed by atoms with van der Waals surface area (Å²) in [5.74, 6) is 1.85. The molecule has 0 amide bonds. The van der Waals surface area contributed by atoms with Gasteiger partial charge in [-0.2, -0.15) is 0 Å². The van der Waals surface area contributed by atoms with Gasteiger partial charge in [0.2, 0.25) is 0 Å². The lowest BCUT2D eigenvalue weighted by Gasteiger charge is -2.08. The van der Waals surface area contributed by atoms with Gasteiger partial charge >= 0.3 is 0 Å². The zero-order valence-electron chi connectivity index (χ0n) is 13.7. The third-order valence-electron chi connectivity index (χ3n) is 3.24. The minimum Gasteiger partial charge on any atom is -0.494 e. The molecule has 0 unspecified atom stereocenters. The summed E-state index contributed by atoms with van der Waals surface area (Å²) in [6, 6.07) is 7.92. The van der Waals surface area contributed by atoms with Crippen molar-refractivity contribution in [1.82, 2.24) is 5.32 Å². The fraction of sp³-hybridized carbons (Fsp3) is 0.667. The lowest BCUT2D eigenvalue weighted by Crippen LogP contribution is -2.15. The Morgan fingerprint density at radius 2 is 1.33 bits per heavy atom. The predicted octanol–water partition coefficient (Wildman–Crippen LogP) is 4.41. The van der Waals surface area contributed by atoms with Crippen molar-refractivity contribution < 1.29 is 9.47 Å². The number of ether oxygens (including phenoxy) is 2. The first-order valence-corrected chi connectivity index (χ1v) is 8.43. The Hall–Kier alpha value is -1.22. The molecule has 0 bridgehead atoms. The maximum atomic E-state index is 5.74. The van der Waals surface area contributed by atoms with Crippen LogP contribution in [0.25, 0.3) is 0 Å². The van der Waals surface area contributed by atoms with Crippen molar-refractivity contribution in [1.29, 1.82) is 0 Å². The van der Waals surface area contributed by atoms with Crippen molar-refractivity contribution in [2.24, 2.45) is 0 Å². The fourth-order valence-corrected chi connectivity index (χ4v) is 2.05. The number of rotatable bonds is 13. The highest BCUT2D eigenvalue weighted by molar-refractivity contribution is 5.31. The highest BCUT2D eigenvalue weighted by Gasteiger charge is 1.96. The van der Waals surface area contributed by atoms with Crippen LogP contribution in [0.5, 0.6) is 11.5 Å². The minimum atomic E-state index is 0.771. The van der Waals surface area contributed by atoms with E-state index in [1.165, 1.54) is 25.7 Å². The van der Waals surface area contributed by atoms with Crippen molar-refractivity contribution in [3.05, 3.63) is 24.3 Å². The van der Waals surface area contributed by atoms with Gasteiger partial charge in [-0.25, -0.2) is 0 Å². The maximum Gasteiger partial charge on any atom is 0.119 e. The summed E-state index contributed by atoms with van der Waals surface area (Å²) in [6.07, 6.45) is 7.17. The first-order valence-electron chi connectivity index (χ1n) is 8.43. The Bertz CT molecular complexity index is 338. The van der Waals surface area contributed by atoms with Crippen LogP contribution in [0.3, 0.4) is 0 Å². The van der Waals surface area contributed by atoms with Crippen LogP contribution in [0, 0.1) is 0 Å². The Labute approximate surface area is 130 Å². The summed E-state index contributed by atoms with van der Waals surface area (Å²) < 4.78 is 11.3. The standard InChI is InChI=1S/C18H31NO2/c1-3-13-19-14-7-5-6-8-16-21-18-11-9-17(10-12-18)20-15-4-2/h9-12,19H,3-8,13-16H2,1-2H3. The molecule has 0 fully saturated rings. The molecule has 1 rings (SSSR count). The molecule has 0 aliphatic rings. The number of hydrogen-bond acceptors (Lipinski definition) is 3. The van der Waals surface area contributed by atoms with Crippen molar-refractivity contribution >= 4 is 0 Å². The lowest BCUT2D eigenvalue weighted by atomic mass is 10.2. The molecule has 0 aromatic heterocycles. The zero-order chi connectivity index (χ0) is 15.2. The molecule has 0 heterocycles. The molecule has 1 aromatic rings. The monoisotopic (exact) mass is 293 g/mol. The van der Waals surface area contributed by atoms with Gasteiger partial charge in [-0.15, -0.1) is 0 Å². The van der Waals surface area contributed by atoms with E-state index >= 15 is 0 Å². The Kier molecular flexibility index (Phi) is 10.6. The summed E-state index contributed by atoms with van der Waals surface area (Å²) >= 11 is 0.